The molecule has 1 N–H and O–H groups in total. The summed E-state index contributed by atoms with van der Waals surface area (Å²) < 4.78 is 0. The van der Waals surface area contributed by atoms with Gasteiger partial charge in [0.2, 0.25) is 0 Å². The maximum Gasteiger partial charge on any atom is 0.0236 e. The first-order chi connectivity index (χ1) is 9.33. The van der Waals surface area contributed by atoms with Crippen molar-refractivity contribution in [2.75, 3.05) is 26.7 Å². The molecule has 1 aliphatic rings. The second kappa shape index (κ2) is 7.66. The largest absolute Gasteiger partial charge is 0.319 e. The van der Waals surface area contributed by atoms with Gasteiger partial charge < -0.3 is 5.32 Å². The second-order valence-corrected chi connectivity index (χ2v) is 5.75. The van der Waals surface area contributed by atoms with E-state index in [4.69, 9.17) is 0 Å². The SMILES string of the molecule is CCN(Cc1ccccc1CCNC)CC1CCC1. The number of likely N-dealkylation sites (N-methyl/N-ethyl adjacent to an activating group) is 1. The van der Waals surface area contributed by atoms with Gasteiger partial charge in [0.05, 0.1) is 0 Å². The van der Waals surface area contributed by atoms with Crippen LogP contribution in [0.3, 0.4) is 0 Å². The highest BCUT2D eigenvalue weighted by atomic mass is 15.1. The predicted molar refractivity (Wildman–Crippen MR) is 82.4 cm³/mol. The minimum atomic E-state index is 0.962. The van der Waals surface area contributed by atoms with E-state index in [0.717, 1.165) is 32.0 Å². The highest BCUT2D eigenvalue weighted by molar-refractivity contribution is 5.27. The summed E-state index contributed by atoms with van der Waals surface area (Å²) in [5.74, 6) is 0.962. The minimum absolute atomic E-state index is 0.962. The predicted octanol–water partition coefficient (Wildman–Crippen LogP) is 3.07. The van der Waals surface area contributed by atoms with Crippen LogP contribution in [-0.4, -0.2) is 31.6 Å². The van der Waals surface area contributed by atoms with Crippen molar-refractivity contribution in [3.05, 3.63) is 35.4 Å². The number of rotatable bonds is 8. The summed E-state index contributed by atoms with van der Waals surface area (Å²) >= 11 is 0. The van der Waals surface area contributed by atoms with Crippen LogP contribution in [0.4, 0.5) is 0 Å². The summed E-state index contributed by atoms with van der Waals surface area (Å²) in [7, 11) is 2.03. The van der Waals surface area contributed by atoms with E-state index in [1.54, 1.807) is 0 Å². The van der Waals surface area contributed by atoms with Gasteiger partial charge in [-0.15, -0.1) is 0 Å². The fourth-order valence-electron chi connectivity index (χ4n) is 2.80. The summed E-state index contributed by atoms with van der Waals surface area (Å²) in [4.78, 5) is 2.61. The third kappa shape index (κ3) is 4.32. The van der Waals surface area contributed by atoms with E-state index in [9.17, 15) is 0 Å². The lowest BCUT2D eigenvalue weighted by Crippen LogP contribution is -2.32. The van der Waals surface area contributed by atoms with E-state index in [1.807, 2.05) is 7.05 Å². The number of benzene rings is 1. The summed E-state index contributed by atoms with van der Waals surface area (Å²) in [6.45, 7) is 6.92. The molecule has 0 unspecified atom stereocenters. The molecule has 0 aliphatic heterocycles. The maximum atomic E-state index is 3.25. The van der Waals surface area contributed by atoms with Crippen molar-refractivity contribution in [1.82, 2.24) is 10.2 Å². The molecule has 19 heavy (non-hydrogen) atoms. The van der Waals surface area contributed by atoms with Crippen LogP contribution in [0.1, 0.15) is 37.3 Å². The summed E-state index contributed by atoms with van der Waals surface area (Å²) in [5, 5.41) is 3.25. The molecule has 2 heteroatoms. The zero-order valence-electron chi connectivity index (χ0n) is 12.5. The molecule has 106 valence electrons. The van der Waals surface area contributed by atoms with Crippen molar-refractivity contribution in [3.63, 3.8) is 0 Å². The van der Waals surface area contributed by atoms with Crippen LogP contribution in [0.15, 0.2) is 24.3 Å². The molecule has 0 heterocycles. The Morgan fingerprint density at radius 1 is 1.21 bits per heavy atom. The first-order valence-corrected chi connectivity index (χ1v) is 7.77. The lowest BCUT2D eigenvalue weighted by Gasteiger charge is -2.32. The number of nitrogens with zero attached hydrogens (tertiary/aromatic N) is 1. The first-order valence-electron chi connectivity index (χ1n) is 7.77. The van der Waals surface area contributed by atoms with Gasteiger partial charge in [-0.1, -0.05) is 37.6 Å². The van der Waals surface area contributed by atoms with E-state index in [1.165, 1.54) is 36.9 Å². The van der Waals surface area contributed by atoms with Gasteiger partial charge in [0, 0.05) is 13.1 Å². The third-order valence-corrected chi connectivity index (χ3v) is 4.35. The van der Waals surface area contributed by atoms with E-state index >= 15 is 0 Å². The van der Waals surface area contributed by atoms with Gasteiger partial charge in [-0.05, 0) is 56.4 Å². The molecule has 1 fully saturated rings. The van der Waals surface area contributed by atoms with Gasteiger partial charge in [0.25, 0.3) is 0 Å². The van der Waals surface area contributed by atoms with Gasteiger partial charge in [-0.3, -0.25) is 4.90 Å². The lowest BCUT2D eigenvalue weighted by atomic mass is 9.85. The molecule has 1 saturated carbocycles. The normalized spacial score (nSPS) is 15.7. The molecule has 1 aliphatic carbocycles. The van der Waals surface area contributed by atoms with E-state index in [-0.39, 0.29) is 0 Å². The zero-order valence-corrected chi connectivity index (χ0v) is 12.5. The van der Waals surface area contributed by atoms with Crippen LogP contribution in [0.25, 0.3) is 0 Å². The van der Waals surface area contributed by atoms with Crippen molar-refractivity contribution in [2.45, 2.75) is 39.2 Å². The van der Waals surface area contributed by atoms with Crippen LogP contribution >= 0.6 is 0 Å². The van der Waals surface area contributed by atoms with Crippen LogP contribution in [0.2, 0.25) is 0 Å². The number of hydrogen-bond donors (Lipinski definition) is 1. The molecule has 0 bridgehead atoms. The Balaban J connectivity index is 1.94. The van der Waals surface area contributed by atoms with E-state index < -0.39 is 0 Å². The molecule has 0 aromatic heterocycles. The Hall–Kier alpha value is -0.860. The highest BCUT2D eigenvalue weighted by Crippen LogP contribution is 2.27. The molecular weight excluding hydrogens is 232 g/mol. The zero-order chi connectivity index (χ0) is 13.5. The van der Waals surface area contributed by atoms with Crippen LogP contribution < -0.4 is 5.32 Å². The minimum Gasteiger partial charge on any atom is -0.319 e. The van der Waals surface area contributed by atoms with Crippen molar-refractivity contribution in [2.24, 2.45) is 5.92 Å². The molecule has 1 aromatic rings. The number of hydrogen-bond acceptors (Lipinski definition) is 2. The monoisotopic (exact) mass is 260 g/mol. The Bertz CT molecular complexity index is 371. The van der Waals surface area contributed by atoms with Crippen LogP contribution in [0, 0.1) is 5.92 Å². The van der Waals surface area contributed by atoms with Crippen LogP contribution in [0.5, 0.6) is 0 Å². The first kappa shape index (κ1) is 14.5. The molecular formula is C17H28N2. The molecule has 0 saturated heterocycles. The quantitative estimate of drug-likeness (QED) is 0.773. The Morgan fingerprint density at radius 3 is 2.53 bits per heavy atom. The fourth-order valence-corrected chi connectivity index (χ4v) is 2.80. The lowest BCUT2D eigenvalue weighted by molar-refractivity contribution is 0.178. The standard InChI is InChI=1S/C17H28N2/c1-3-19(13-15-7-6-8-15)14-17-10-5-4-9-16(17)11-12-18-2/h4-5,9-10,15,18H,3,6-8,11-14H2,1-2H3. The molecule has 0 radical (unpaired) electrons. The van der Waals surface area contributed by atoms with Gasteiger partial charge in [-0.25, -0.2) is 0 Å². The third-order valence-electron chi connectivity index (χ3n) is 4.35. The topological polar surface area (TPSA) is 15.3 Å². The summed E-state index contributed by atoms with van der Waals surface area (Å²) in [6, 6.07) is 8.92. The Labute approximate surface area is 118 Å². The summed E-state index contributed by atoms with van der Waals surface area (Å²) in [6.07, 6.45) is 5.46. The average molecular weight is 260 g/mol. The Morgan fingerprint density at radius 2 is 1.95 bits per heavy atom. The van der Waals surface area contributed by atoms with Gasteiger partial charge >= 0.3 is 0 Å². The average Bonchev–Trinajstić information content (AvgIpc) is 2.40. The van der Waals surface area contributed by atoms with Crippen molar-refractivity contribution >= 4 is 0 Å². The van der Waals surface area contributed by atoms with E-state index in [0.29, 0.717) is 0 Å². The van der Waals surface area contributed by atoms with Gasteiger partial charge in [0.15, 0.2) is 0 Å². The molecule has 0 spiro atoms. The molecule has 1 aromatic carbocycles. The van der Waals surface area contributed by atoms with Gasteiger partial charge in [-0.2, -0.15) is 0 Å². The van der Waals surface area contributed by atoms with Crippen molar-refractivity contribution in [3.8, 4) is 0 Å². The second-order valence-electron chi connectivity index (χ2n) is 5.75. The van der Waals surface area contributed by atoms with Crippen LogP contribution in [-0.2, 0) is 13.0 Å². The van der Waals surface area contributed by atoms with Gasteiger partial charge in [0.1, 0.15) is 0 Å². The molecule has 0 amide bonds. The van der Waals surface area contributed by atoms with Crippen molar-refractivity contribution in [1.29, 1.82) is 0 Å². The van der Waals surface area contributed by atoms with Crippen molar-refractivity contribution < 1.29 is 0 Å². The summed E-state index contributed by atoms with van der Waals surface area (Å²) in [5.41, 5.74) is 3.02. The maximum absolute atomic E-state index is 3.25. The molecule has 0 atom stereocenters. The highest BCUT2D eigenvalue weighted by Gasteiger charge is 2.20. The fraction of sp³-hybridized carbons (Fsp3) is 0.647. The molecule has 2 nitrogen and oxygen atoms in total. The Kier molecular flexibility index (Phi) is 5.87. The number of nitrogens with one attached hydrogen (secondary N) is 1. The van der Waals surface area contributed by atoms with E-state index in [2.05, 4.69) is 41.4 Å². The molecule has 2 rings (SSSR count). The smallest absolute Gasteiger partial charge is 0.0236 e.